The predicted molar refractivity (Wildman–Crippen MR) is 139 cm³/mol. The second-order valence-corrected chi connectivity index (χ2v) is 13.9. The Hall–Kier alpha value is -3.20. The van der Waals surface area contributed by atoms with E-state index in [9.17, 15) is 59.0 Å². The lowest BCUT2D eigenvalue weighted by Crippen LogP contribution is -2.55. The van der Waals surface area contributed by atoms with E-state index in [4.69, 9.17) is 0 Å². The van der Waals surface area contributed by atoms with Gasteiger partial charge in [0.2, 0.25) is 5.91 Å². The maximum atomic E-state index is 14.4. The highest BCUT2D eigenvalue weighted by molar-refractivity contribution is 7.92. The van der Waals surface area contributed by atoms with E-state index in [0.29, 0.717) is 12.1 Å². The molecule has 1 amide bonds. The number of rotatable bonds is 5. The lowest BCUT2D eigenvalue weighted by atomic mass is 9.76. The number of aryl methyl sites for hydroxylation is 1. The molecule has 3 aliphatic rings. The molecule has 15 heteroatoms. The Morgan fingerprint density at radius 2 is 1.43 bits per heavy atom. The minimum Gasteiger partial charge on any atom is -0.481 e. The van der Waals surface area contributed by atoms with Crippen molar-refractivity contribution in [2.75, 3.05) is 6.54 Å². The number of aliphatic hydroxyl groups is 1. The van der Waals surface area contributed by atoms with Crippen LogP contribution in [0.25, 0.3) is 0 Å². The van der Waals surface area contributed by atoms with Crippen LogP contribution >= 0.6 is 0 Å². The first-order valence-electron chi connectivity index (χ1n) is 13.9. The van der Waals surface area contributed by atoms with Crippen molar-refractivity contribution < 1.29 is 59.0 Å². The maximum Gasteiger partial charge on any atom is 0.430 e. The average molecular weight is 652 g/mol. The van der Waals surface area contributed by atoms with Gasteiger partial charge in [-0.2, -0.15) is 26.3 Å². The summed E-state index contributed by atoms with van der Waals surface area (Å²) in [7, 11) is -4.56. The van der Waals surface area contributed by atoms with Crippen molar-refractivity contribution in [2.45, 2.75) is 78.6 Å². The molecule has 2 atom stereocenters. The summed E-state index contributed by atoms with van der Waals surface area (Å²) in [6.07, 6.45) is -11.9. The van der Waals surface area contributed by atoms with Crippen molar-refractivity contribution in [3.05, 3.63) is 65.0 Å². The number of carbonyl (C=O) groups excluding carboxylic acids is 1. The van der Waals surface area contributed by atoms with Gasteiger partial charge in [0.1, 0.15) is 10.6 Å². The van der Waals surface area contributed by atoms with E-state index in [0.717, 1.165) is 30.3 Å². The Morgan fingerprint density at radius 1 is 0.864 bits per heavy atom. The molecule has 2 fully saturated rings. The zero-order chi connectivity index (χ0) is 32.5. The molecule has 0 radical (unpaired) electrons. The van der Waals surface area contributed by atoms with E-state index in [-0.39, 0.29) is 67.5 Å². The molecule has 1 aliphatic heterocycles. The van der Waals surface area contributed by atoms with Crippen LogP contribution in [-0.4, -0.2) is 60.3 Å². The van der Waals surface area contributed by atoms with Gasteiger partial charge in [-0.25, -0.2) is 12.8 Å². The van der Waals surface area contributed by atoms with Crippen LogP contribution in [0.4, 0.5) is 30.7 Å². The number of carbonyl (C=O) groups is 2. The van der Waals surface area contributed by atoms with Crippen molar-refractivity contribution in [2.24, 2.45) is 11.8 Å². The van der Waals surface area contributed by atoms with Crippen LogP contribution < -0.4 is 0 Å². The summed E-state index contributed by atoms with van der Waals surface area (Å²) in [6, 6.07) is 4.50. The highest BCUT2D eigenvalue weighted by atomic mass is 32.2. The Morgan fingerprint density at radius 3 is 1.98 bits per heavy atom. The standard InChI is InChI=1S/C29H28F7NO6S/c30-20-7-9-21(10-8-20)44(42,43)26-13-14-37(24(38)16-1-3-17(4-2-16)25(39)40)23(26)12-5-18-15-19(6-11-22(18)26)27(41,28(31,32)33)29(34,35)36/h6-11,15-17,23,41H,1-5,12-14H2,(H,39,40)/t16?,17?,23-,26-/m0/s1. The first-order valence-corrected chi connectivity index (χ1v) is 15.4. The Bertz CT molecular complexity index is 1550. The topological polar surface area (TPSA) is 112 Å². The van der Waals surface area contributed by atoms with Crippen molar-refractivity contribution in [3.63, 3.8) is 0 Å². The van der Waals surface area contributed by atoms with E-state index < -0.39 is 73.7 Å². The van der Waals surface area contributed by atoms with Gasteiger partial charge >= 0.3 is 18.3 Å². The number of sulfone groups is 1. The lowest BCUT2D eigenvalue weighted by Gasteiger charge is -2.44. The van der Waals surface area contributed by atoms with Gasteiger partial charge in [0, 0.05) is 18.0 Å². The van der Waals surface area contributed by atoms with Crippen molar-refractivity contribution >= 4 is 21.7 Å². The van der Waals surface area contributed by atoms with Crippen molar-refractivity contribution in [1.29, 1.82) is 0 Å². The van der Waals surface area contributed by atoms with Crippen molar-refractivity contribution in [3.8, 4) is 0 Å². The molecule has 0 spiro atoms. The molecule has 0 unspecified atom stereocenters. The zero-order valence-electron chi connectivity index (χ0n) is 23.0. The highest BCUT2D eigenvalue weighted by Gasteiger charge is 2.72. The number of halogens is 7. The number of amides is 1. The molecule has 5 rings (SSSR count). The maximum absolute atomic E-state index is 14.4. The number of carboxylic acids is 1. The largest absolute Gasteiger partial charge is 0.481 e. The SMILES string of the molecule is O=C(O)C1CCC(C(=O)N2CC[C@]3(S(=O)(=O)c4ccc(F)cc4)c4ccc(C(O)(C(F)(F)F)C(F)(F)F)cc4CC[C@H]23)CC1. The fourth-order valence-corrected chi connectivity index (χ4v) is 9.52. The quantitative estimate of drug-likeness (QED) is 0.338. The molecule has 0 bridgehead atoms. The third kappa shape index (κ3) is 4.77. The minimum atomic E-state index is -6.15. The number of hydrogen-bond donors (Lipinski definition) is 2. The van der Waals surface area contributed by atoms with Crippen LogP contribution in [0.1, 0.15) is 55.2 Å². The Labute approximate surface area is 247 Å². The van der Waals surface area contributed by atoms with Gasteiger partial charge in [0.05, 0.1) is 16.9 Å². The molecule has 1 heterocycles. The Kier molecular flexibility index (Phi) is 7.84. The monoisotopic (exact) mass is 651 g/mol. The summed E-state index contributed by atoms with van der Waals surface area (Å²) in [5.41, 5.74) is -7.00. The number of likely N-dealkylation sites (tertiary alicyclic amines) is 1. The number of fused-ring (bicyclic) bond motifs is 3. The molecule has 2 aromatic rings. The van der Waals surface area contributed by atoms with Gasteiger partial charge in [0.25, 0.3) is 5.60 Å². The van der Waals surface area contributed by atoms with Crippen LogP contribution in [0.5, 0.6) is 0 Å². The van der Waals surface area contributed by atoms with Gasteiger partial charge in [0.15, 0.2) is 9.84 Å². The molecule has 1 saturated carbocycles. The van der Waals surface area contributed by atoms with Crippen LogP contribution in [-0.2, 0) is 36.2 Å². The number of benzene rings is 2. The van der Waals surface area contributed by atoms with Crippen LogP contribution in [0.3, 0.4) is 0 Å². The second kappa shape index (κ2) is 10.7. The molecular formula is C29H28F7NO6S. The smallest absolute Gasteiger partial charge is 0.430 e. The number of nitrogens with zero attached hydrogens (tertiary/aromatic N) is 1. The molecule has 240 valence electrons. The first kappa shape index (κ1) is 32.2. The molecule has 2 N–H and O–H groups in total. The summed E-state index contributed by atoms with van der Waals surface area (Å²) < 4.78 is 122. The lowest BCUT2D eigenvalue weighted by molar-refractivity contribution is -0.376. The van der Waals surface area contributed by atoms with Gasteiger partial charge in [-0.3, -0.25) is 9.59 Å². The first-order chi connectivity index (χ1) is 20.4. The molecule has 1 saturated heterocycles. The molecule has 2 aromatic carbocycles. The second-order valence-electron chi connectivity index (χ2n) is 11.6. The number of aliphatic carboxylic acids is 1. The van der Waals surface area contributed by atoms with Crippen LogP contribution in [0.2, 0.25) is 0 Å². The highest BCUT2D eigenvalue weighted by Crippen LogP contribution is 2.55. The molecule has 2 aliphatic carbocycles. The summed E-state index contributed by atoms with van der Waals surface area (Å²) in [5.74, 6) is -3.33. The zero-order valence-corrected chi connectivity index (χ0v) is 23.8. The molecule has 0 aromatic heterocycles. The van der Waals surface area contributed by atoms with Crippen LogP contribution in [0, 0.1) is 17.7 Å². The molecule has 44 heavy (non-hydrogen) atoms. The van der Waals surface area contributed by atoms with E-state index in [2.05, 4.69) is 0 Å². The summed E-state index contributed by atoms with van der Waals surface area (Å²) in [4.78, 5) is 26.2. The number of alkyl halides is 6. The van der Waals surface area contributed by atoms with Gasteiger partial charge in [-0.05, 0) is 80.3 Å². The van der Waals surface area contributed by atoms with Crippen LogP contribution in [0.15, 0.2) is 47.4 Å². The van der Waals surface area contributed by atoms with E-state index >= 15 is 0 Å². The van der Waals surface area contributed by atoms with Gasteiger partial charge < -0.3 is 15.1 Å². The average Bonchev–Trinajstić information content (AvgIpc) is 3.37. The Balaban J connectivity index is 1.62. The van der Waals surface area contributed by atoms with E-state index in [1.807, 2.05) is 0 Å². The summed E-state index contributed by atoms with van der Waals surface area (Å²) in [6.45, 7) is -0.0982. The van der Waals surface area contributed by atoms with E-state index in [1.54, 1.807) is 0 Å². The predicted octanol–water partition coefficient (Wildman–Crippen LogP) is 5.25. The van der Waals surface area contributed by atoms with E-state index in [1.165, 1.54) is 4.90 Å². The number of carboxylic acid groups (broad SMARTS) is 1. The van der Waals surface area contributed by atoms with Crippen molar-refractivity contribution in [1.82, 2.24) is 4.90 Å². The summed E-state index contributed by atoms with van der Waals surface area (Å²) in [5, 5.41) is 19.3. The minimum absolute atomic E-state index is 0.0982. The van der Waals surface area contributed by atoms with Gasteiger partial charge in [-0.1, -0.05) is 18.2 Å². The third-order valence-corrected chi connectivity index (χ3v) is 12.0. The fourth-order valence-electron chi connectivity index (χ4n) is 7.15. The molecular weight excluding hydrogens is 623 g/mol. The summed E-state index contributed by atoms with van der Waals surface area (Å²) >= 11 is 0. The fraction of sp³-hybridized carbons (Fsp3) is 0.517. The third-order valence-electron chi connectivity index (χ3n) is 9.44. The normalized spacial score (nSPS) is 26.2. The molecule has 7 nitrogen and oxygen atoms in total. The van der Waals surface area contributed by atoms with Gasteiger partial charge in [-0.15, -0.1) is 0 Å². The number of hydrogen-bond acceptors (Lipinski definition) is 5.